The van der Waals surface area contributed by atoms with Gasteiger partial charge in [-0.2, -0.15) is 11.8 Å². The Morgan fingerprint density at radius 3 is 2.77 bits per heavy atom. The molecule has 1 N–H and O–H groups in total. The van der Waals surface area contributed by atoms with Gasteiger partial charge in [0.15, 0.2) is 0 Å². The number of methoxy groups -OCH3 is 1. The van der Waals surface area contributed by atoms with Crippen LogP contribution in [0.2, 0.25) is 0 Å². The zero-order valence-corrected chi connectivity index (χ0v) is 19.4. The number of aryl methyl sites for hydroxylation is 1. The molecule has 0 bridgehead atoms. The maximum atomic E-state index is 13.1. The molecular formula is C25H34N2O2S. The summed E-state index contributed by atoms with van der Waals surface area (Å²) in [6.07, 6.45) is 4.47. The maximum Gasteiger partial charge on any atom is 0.252 e. The Morgan fingerprint density at radius 2 is 2.07 bits per heavy atom. The van der Waals surface area contributed by atoms with E-state index in [-0.39, 0.29) is 11.9 Å². The van der Waals surface area contributed by atoms with Crippen LogP contribution in [0.25, 0.3) is 11.1 Å². The van der Waals surface area contributed by atoms with Crippen molar-refractivity contribution in [3.05, 3.63) is 59.2 Å². The van der Waals surface area contributed by atoms with Crippen LogP contribution in [0.3, 0.4) is 0 Å². The molecule has 0 aliphatic carbocycles. The Balaban J connectivity index is 1.86. The van der Waals surface area contributed by atoms with Gasteiger partial charge in [0.25, 0.3) is 5.91 Å². The number of nitrogens with one attached hydrogen (secondary N) is 1. The minimum atomic E-state index is 0.00836. The molecule has 2 aromatic rings. The first-order chi connectivity index (χ1) is 14.5. The number of benzene rings is 2. The minimum absolute atomic E-state index is 0.00836. The Hall–Kier alpha value is -1.82. The highest BCUT2D eigenvalue weighted by Crippen LogP contribution is 2.29. The lowest BCUT2D eigenvalue weighted by molar-refractivity contribution is 0.0940. The van der Waals surface area contributed by atoms with Crippen LogP contribution in [0, 0.1) is 6.92 Å². The van der Waals surface area contributed by atoms with E-state index in [2.05, 4.69) is 54.6 Å². The van der Waals surface area contributed by atoms with E-state index in [0.29, 0.717) is 6.10 Å². The van der Waals surface area contributed by atoms with Crippen molar-refractivity contribution in [2.45, 2.75) is 45.4 Å². The summed E-state index contributed by atoms with van der Waals surface area (Å²) < 4.78 is 5.51. The van der Waals surface area contributed by atoms with Gasteiger partial charge in [0, 0.05) is 38.3 Å². The number of thioether (sulfide) groups is 1. The zero-order chi connectivity index (χ0) is 21.5. The predicted octanol–water partition coefficient (Wildman–Crippen LogP) is 4.75. The Bertz CT molecular complexity index is 855. The maximum absolute atomic E-state index is 13.1. The first kappa shape index (κ1) is 22.9. The van der Waals surface area contributed by atoms with Gasteiger partial charge in [-0.1, -0.05) is 30.3 Å². The van der Waals surface area contributed by atoms with E-state index in [0.717, 1.165) is 54.9 Å². The third kappa shape index (κ3) is 5.87. The number of hydrogen-bond acceptors (Lipinski definition) is 4. The van der Waals surface area contributed by atoms with Crippen molar-refractivity contribution in [1.29, 1.82) is 0 Å². The van der Waals surface area contributed by atoms with E-state index >= 15 is 0 Å². The molecule has 5 heteroatoms. The lowest BCUT2D eigenvalue weighted by atomic mass is 9.93. The third-order valence-electron chi connectivity index (χ3n) is 5.86. The molecule has 0 saturated carbocycles. The molecule has 1 aliphatic heterocycles. The molecule has 0 aromatic heterocycles. The fourth-order valence-corrected chi connectivity index (χ4v) is 4.63. The van der Waals surface area contributed by atoms with Gasteiger partial charge in [0.05, 0.1) is 6.10 Å². The summed E-state index contributed by atoms with van der Waals surface area (Å²) in [4.78, 5) is 15.5. The second-order valence-corrected chi connectivity index (χ2v) is 9.22. The summed E-state index contributed by atoms with van der Waals surface area (Å²) in [5.74, 6) is 1.05. The molecule has 2 atom stereocenters. The Morgan fingerprint density at radius 1 is 1.27 bits per heavy atom. The normalized spacial score (nSPS) is 17.8. The van der Waals surface area contributed by atoms with Gasteiger partial charge < -0.3 is 10.1 Å². The number of rotatable bonds is 9. The molecule has 2 aromatic carbocycles. The van der Waals surface area contributed by atoms with E-state index in [1.54, 1.807) is 7.11 Å². The average molecular weight is 427 g/mol. The number of hydrogen-bond donors (Lipinski definition) is 1. The number of likely N-dealkylation sites (tertiary alicyclic amines) is 1. The van der Waals surface area contributed by atoms with Gasteiger partial charge in [-0.05, 0) is 73.1 Å². The van der Waals surface area contributed by atoms with Crippen molar-refractivity contribution < 1.29 is 9.53 Å². The largest absolute Gasteiger partial charge is 0.380 e. The Labute approximate surface area is 185 Å². The van der Waals surface area contributed by atoms with Gasteiger partial charge in [-0.3, -0.25) is 9.69 Å². The molecule has 1 aliphatic rings. The number of amides is 1. The van der Waals surface area contributed by atoms with Crippen molar-refractivity contribution in [1.82, 2.24) is 10.2 Å². The summed E-state index contributed by atoms with van der Waals surface area (Å²) >= 11 is 1.81. The fourth-order valence-electron chi connectivity index (χ4n) is 4.05. The van der Waals surface area contributed by atoms with Gasteiger partial charge in [0.1, 0.15) is 0 Å². The zero-order valence-electron chi connectivity index (χ0n) is 18.6. The van der Waals surface area contributed by atoms with Gasteiger partial charge in [-0.15, -0.1) is 0 Å². The van der Waals surface area contributed by atoms with Crippen LogP contribution in [-0.4, -0.2) is 55.2 Å². The van der Waals surface area contributed by atoms with Gasteiger partial charge >= 0.3 is 0 Å². The highest BCUT2D eigenvalue weighted by atomic mass is 32.2. The molecule has 1 amide bonds. The smallest absolute Gasteiger partial charge is 0.252 e. The number of ether oxygens (including phenoxy) is 1. The molecule has 2 unspecified atom stereocenters. The summed E-state index contributed by atoms with van der Waals surface area (Å²) in [7, 11) is 1.79. The van der Waals surface area contributed by atoms with Crippen LogP contribution >= 0.6 is 11.8 Å². The molecule has 3 rings (SSSR count). The topological polar surface area (TPSA) is 41.6 Å². The van der Waals surface area contributed by atoms with E-state index in [1.165, 1.54) is 11.1 Å². The predicted molar refractivity (Wildman–Crippen MR) is 127 cm³/mol. The van der Waals surface area contributed by atoms with Crippen LogP contribution in [-0.2, 0) is 11.3 Å². The van der Waals surface area contributed by atoms with Crippen LogP contribution in [0.1, 0.15) is 41.3 Å². The molecular weight excluding hydrogens is 392 g/mol. The summed E-state index contributed by atoms with van der Waals surface area (Å²) in [5, 5.41) is 3.19. The summed E-state index contributed by atoms with van der Waals surface area (Å²) in [5.41, 5.74) is 5.30. The fraction of sp³-hybridized carbons (Fsp3) is 0.480. The number of nitrogens with zero attached hydrogens (tertiary/aromatic N) is 1. The van der Waals surface area contributed by atoms with E-state index < -0.39 is 0 Å². The second kappa shape index (κ2) is 11.0. The van der Waals surface area contributed by atoms with Crippen molar-refractivity contribution in [2.75, 3.05) is 32.2 Å². The molecule has 0 radical (unpaired) electrons. The molecule has 1 saturated heterocycles. The minimum Gasteiger partial charge on any atom is -0.380 e. The molecule has 0 spiro atoms. The number of carbonyl (C=O) groups excluding carboxylic acids is 1. The quantitative estimate of drug-likeness (QED) is 0.628. The van der Waals surface area contributed by atoms with Crippen LogP contribution in [0.5, 0.6) is 0 Å². The van der Waals surface area contributed by atoms with Gasteiger partial charge in [-0.25, -0.2) is 0 Å². The van der Waals surface area contributed by atoms with Crippen LogP contribution < -0.4 is 5.32 Å². The van der Waals surface area contributed by atoms with Crippen molar-refractivity contribution in [3.8, 4) is 11.1 Å². The van der Waals surface area contributed by atoms with Crippen LogP contribution in [0.15, 0.2) is 42.5 Å². The van der Waals surface area contributed by atoms with Crippen molar-refractivity contribution in [2.24, 2.45) is 0 Å². The first-order valence-electron chi connectivity index (χ1n) is 10.8. The van der Waals surface area contributed by atoms with Crippen LogP contribution in [0.4, 0.5) is 0 Å². The lowest BCUT2D eigenvalue weighted by Gasteiger charge is -2.19. The van der Waals surface area contributed by atoms with E-state index in [9.17, 15) is 4.79 Å². The number of carbonyl (C=O) groups is 1. The van der Waals surface area contributed by atoms with E-state index in [4.69, 9.17) is 4.74 Å². The lowest BCUT2D eigenvalue weighted by Crippen LogP contribution is -2.33. The second-order valence-electron chi connectivity index (χ2n) is 8.23. The van der Waals surface area contributed by atoms with E-state index in [1.807, 2.05) is 30.0 Å². The Kier molecular flexibility index (Phi) is 8.37. The summed E-state index contributed by atoms with van der Waals surface area (Å²) in [6, 6.07) is 14.8. The molecule has 1 fully saturated rings. The summed E-state index contributed by atoms with van der Waals surface area (Å²) in [6.45, 7) is 7.08. The molecule has 162 valence electrons. The molecule has 30 heavy (non-hydrogen) atoms. The SMILES string of the molecule is COC1CCN(Cc2ccc(C(=O)NC(C)CCSC)c(-c3ccccc3C)c2)C1. The first-order valence-corrected chi connectivity index (χ1v) is 12.1. The molecule has 1 heterocycles. The highest BCUT2D eigenvalue weighted by Gasteiger charge is 2.23. The molecule has 4 nitrogen and oxygen atoms in total. The monoisotopic (exact) mass is 426 g/mol. The van der Waals surface area contributed by atoms with Crippen molar-refractivity contribution >= 4 is 17.7 Å². The third-order valence-corrected chi connectivity index (χ3v) is 6.51. The standard InChI is InChI=1S/C25H34N2O2S/c1-18-7-5-6-8-22(18)24-15-20(16-27-13-11-21(17-27)29-3)9-10-23(24)25(28)26-19(2)12-14-30-4/h5-10,15,19,21H,11-14,16-17H2,1-4H3,(H,26,28). The van der Waals surface area contributed by atoms with Crippen molar-refractivity contribution in [3.63, 3.8) is 0 Å². The average Bonchev–Trinajstić information content (AvgIpc) is 3.20. The highest BCUT2D eigenvalue weighted by molar-refractivity contribution is 7.98. The van der Waals surface area contributed by atoms with Gasteiger partial charge in [0.2, 0.25) is 0 Å².